The number of nitrogens with zero attached hydrogens (tertiary/aromatic N) is 1. The van der Waals surface area contributed by atoms with E-state index in [2.05, 4.69) is 10.6 Å². The molecule has 2 N–H and O–H groups in total. The van der Waals surface area contributed by atoms with Crippen LogP contribution in [0.5, 0.6) is 0 Å². The van der Waals surface area contributed by atoms with E-state index in [1.54, 1.807) is 7.05 Å². The average Bonchev–Trinajstić information content (AvgIpc) is 2.77. The third-order valence-corrected chi connectivity index (χ3v) is 3.76. The fourth-order valence-corrected chi connectivity index (χ4v) is 2.71. The molecular weight excluding hydrogens is 256 g/mol. The zero-order valence-electron chi connectivity index (χ0n) is 10.9. The summed E-state index contributed by atoms with van der Waals surface area (Å²) in [6.07, 6.45) is 1.01. The van der Waals surface area contributed by atoms with Crippen molar-refractivity contribution in [3.8, 4) is 0 Å². The van der Waals surface area contributed by atoms with Crippen LogP contribution in [0.25, 0.3) is 0 Å². The van der Waals surface area contributed by atoms with Crippen molar-refractivity contribution >= 4 is 11.8 Å². The van der Waals surface area contributed by atoms with Gasteiger partial charge in [-0.15, -0.1) is 0 Å². The summed E-state index contributed by atoms with van der Waals surface area (Å²) in [6.45, 7) is 0.411. The largest absolute Gasteiger partial charge is 0.359 e. The minimum atomic E-state index is -2.81. The van der Waals surface area contributed by atoms with Crippen LogP contribution in [0.4, 0.5) is 8.78 Å². The zero-order valence-corrected chi connectivity index (χ0v) is 10.9. The summed E-state index contributed by atoms with van der Waals surface area (Å²) in [4.78, 5) is 25.2. The van der Waals surface area contributed by atoms with Gasteiger partial charge in [-0.3, -0.25) is 14.9 Å². The highest BCUT2D eigenvalue weighted by molar-refractivity contribution is 5.84. The Labute approximate surface area is 110 Å². The summed E-state index contributed by atoms with van der Waals surface area (Å²) in [6, 6.07) is -0.821. The van der Waals surface area contributed by atoms with Crippen molar-refractivity contribution in [1.29, 1.82) is 0 Å². The van der Waals surface area contributed by atoms with Crippen molar-refractivity contribution < 1.29 is 18.4 Å². The average molecular weight is 275 g/mol. The van der Waals surface area contributed by atoms with Crippen molar-refractivity contribution in [3.63, 3.8) is 0 Å². The fourth-order valence-electron chi connectivity index (χ4n) is 2.71. The van der Waals surface area contributed by atoms with E-state index >= 15 is 0 Å². The number of hydrogen-bond donors (Lipinski definition) is 2. The van der Waals surface area contributed by atoms with E-state index in [-0.39, 0.29) is 17.7 Å². The molecule has 5 nitrogen and oxygen atoms in total. The molecular formula is C12H19F2N3O2. The first-order valence-corrected chi connectivity index (χ1v) is 6.54. The number of rotatable bonds is 2. The number of piperidine rings is 1. The third kappa shape index (κ3) is 3.20. The molecule has 2 heterocycles. The molecule has 2 unspecified atom stereocenters. The van der Waals surface area contributed by atoms with E-state index in [1.807, 2.05) is 0 Å². The van der Waals surface area contributed by atoms with Gasteiger partial charge in [0.2, 0.25) is 11.8 Å². The number of alkyl halides is 2. The van der Waals surface area contributed by atoms with E-state index in [1.165, 1.54) is 4.90 Å². The molecule has 19 heavy (non-hydrogen) atoms. The van der Waals surface area contributed by atoms with Gasteiger partial charge in [-0.1, -0.05) is 0 Å². The van der Waals surface area contributed by atoms with Crippen LogP contribution in [-0.4, -0.2) is 55.4 Å². The first-order chi connectivity index (χ1) is 8.93. The van der Waals surface area contributed by atoms with Crippen LogP contribution in [0.15, 0.2) is 0 Å². The molecule has 0 aromatic carbocycles. The number of likely N-dealkylation sites (tertiary alicyclic amines) is 1. The molecule has 2 atom stereocenters. The maximum atomic E-state index is 13.1. The summed E-state index contributed by atoms with van der Waals surface area (Å²) in [5.74, 6) is -3.45. The fraction of sp³-hybridized carbons (Fsp3) is 0.833. The number of hydrogen-bond acceptors (Lipinski definition) is 3. The van der Waals surface area contributed by atoms with Crippen molar-refractivity contribution in [2.75, 3.05) is 26.7 Å². The second-order valence-corrected chi connectivity index (χ2v) is 5.23. The molecule has 0 radical (unpaired) electrons. The van der Waals surface area contributed by atoms with Gasteiger partial charge in [0.1, 0.15) is 0 Å². The lowest BCUT2D eigenvalue weighted by Crippen LogP contribution is -2.50. The molecule has 2 aliphatic rings. The summed E-state index contributed by atoms with van der Waals surface area (Å²) < 4.78 is 26.2. The Morgan fingerprint density at radius 3 is 2.74 bits per heavy atom. The molecule has 0 bridgehead atoms. The normalized spacial score (nSPS) is 30.2. The highest BCUT2D eigenvalue weighted by Crippen LogP contribution is 2.27. The third-order valence-electron chi connectivity index (χ3n) is 3.76. The Morgan fingerprint density at radius 1 is 1.42 bits per heavy atom. The molecule has 0 spiro atoms. The molecule has 2 fully saturated rings. The Morgan fingerprint density at radius 2 is 2.16 bits per heavy atom. The van der Waals surface area contributed by atoms with Gasteiger partial charge in [-0.05, 0) is 12.8 Å². The van der Waals surface area contributed by atoms with E-state index in [0.29, 0.717) is 13.1 Å². The predicted molar refractivity (Wildman–Crippen MR) is 64.7 cm³/mol. The van der Waals surface area contributed by atoms with Crippen LogP contribution in [-0.2, 0) is 9.59 Å². The monoisotopic (exact) mass is 275 g/mol. The maximum Gasteiger partial charge on any atom is 0.262 e. The number of halogens is 2. The van der Waals surface area contributed by atoms with Crippen LogP contribution in [0.3, 0.4) is 0 Å². The SMILES string of the molecule is CNC(=O)C1CCCN(C(=O)C2CC(F)(F)CN2)C1. The lowest BCUT2D eigenvalue weighted by atomic mass is 9.96. The van der Waals surface area contributed by atoms with Crippen LogP contribution < -0.4 is 10.6 Å². The molecule has 2 amide bonds. The molecule has 108 valence electrons. The first-order valence-electron chi connectivity index (χ1n) is 6.54. The van der Waals surface area contributed by atoms with Gasteiger partial charge in [-0.2, -0.15) is 0 Å². The van der Waals surface area contributed by atoms with Gasteiger partial charge < -0.3 is 10.2 Å². The summed E-state index contributed by atoms with van der Waals surface area (Å²) in [5, 5.41) is 5.12. The van der Waals surface area contributed by atoms with E-state index in [9.17, 15) is 18.4 Å². The minimum Gasteiger partial charge on any atom is -0.359 e. The number of carbonyl (C=O) groups excluding carboxylic acids is 2. The summed E-state index contributed by atoms with van der Waals surface area (Å²) >= 11 is 0. The number of amides is 2. The predicted octanol–water partition coefficient (Wildman–Crippen LogP) is -0.0318. The number of carbonyl (C=O) groups is 2. The summed E-state index contributed by atoms with van der Waals surface area (Å²) in [5.41, 5.74) is 0. The second kappa shape index (κ2) is 5.40. The molecule has 0 saturated carbocycles. The quantitative estimate of drug-likeness (QED) is 0.744. The molecule has 0 aromatic rings. The van der Waals surface area contributed by atoms with Crippen molar-refractivity contribution in [2.45, 2.75) is 31.2 Å². The standard InChI is InChI=1S/C12H19F2N3O2/c1-15-10(18)8-3-2-4-17(6-8)11(19)9-5-12(13,14)7-16-9/h8-9,16H,2-7H2,1H3,(H,15,18). The highest BCUT2D eigenvalue weighted by atomic mass is 19.3. The van der Waals surface area contributed by atoms with Crippen LogP contribution in [0, 0.1) is 5.92 Å². The van der Waals surface area contributed by atoms with Crippen molar-refractivity contribution in [2.24, 2.45) is 5.92 Å². The lowest BCUT2D eigenvalue weighted by molar-refractivity contribution is -0.137. The highest BCUT2D eigenvalue weighted by Gasteiger charge is 2.44. The van der Waals surface area contributed by atoms with Crippen LogP contribution in [0.1, 0.15) is 19.3 Å². The molecule has 2 saturated heterocycles. The molecule has 7 heteroatoms. The van der Waals surface area contributed by atoms with E-state index < -0.39 is 24.9 Å². The number of nitrogens with one attached hydrogen (secondary N) is 2. The van der Waals surface area contributed by atoms with Gasteiger partial charge in [0.05, 0.1) is 18.5 Å². The molecule has 0 aliphatic carbocycles. The molecule has 2 aliphatic heterocycles. The Hall–Kier alpha value is -1.24. The summed E-state index contributed by atoms with van der Waals surface area (Å²) in [7, 11) is 1.56. The van der Waals surface area contributed by atoms with E-state index in [4.69, 9.17) is 0 Å². The zero-order chi connectivity index (χ0) is 14.0. The van der Waals surface area contributed by atoms with Crippen LogP contribution in [0.2, 0.25) is 0 Å². The van der Waals surface area contributed by atoms with Crippen molar-refractivity contribution in [3.05, 3.63) is 0 Å². The minimum absolute atomic E-state index is 0.0952. The molecule has 0 aromatic heterocycles. The topological polar surface area (TPSA) is 61.4 Å². The van der Waals surface area contributed by atoms with Gasteiger partial charge in [0.25, 0.3) is 5.92 Å². The lowest BCUT2D eigenvalue weighted by Gasteiger charge is -2.33. The van der Waals surface area contributed by atoms with Gasteiger partial charge in [0, 0.05) is 26.6 Å². The maximum absolute atomic E-state index is 13.1. The van der Waals surface area contributed by atoms with Gasteiger partial charge in [0.15, 0.2) is 0 Å². The van der Waals surface area contributed by atoms with Gasteiger partial charge >= 0.3 is 0 Å². The Kier molecular flexibility index (Phi) is 4.03. The van der Waals surface area contributed by atoms with Crippen molar-refractivity contribution in [1.82, 2.24) is 15.5 Å². The first kappa shape index (κ1) is 14.2. The van der Waals surface area contributed by atoms with Gasteiger partial charge in [-0.25, -0.2) is 8.78 Å². The Balaban J connectivity index is 1.94. The second-order valence-electron chi connectivity index (χ2n) is 5.23. The Bertz CT molecular complexity index is 376. The smallest absolute Gasteiger partial charge is 0.262 e. The van der Waals surface area contributed by atoms with Crippen LogP contribution >= 0.6 is 0 Å². The van der Waals surface area contributed by atoms with E-state index in [0.717, 1.165) is 12.8 Å². The molecule has 2 rings (SSSR count).